The fourth-order valence-corrected chi connectivity index (χ4v) is 2.71. The molecule has 5 atom stereocenters. The molecule has 4 N–H and O–H groups in total. The van der Waals surface area contributed by atoms with Gasteiger partial charge in [-0.05, 0) is 6.42 Å². The minimum absolute atomic E-state index is 0.199. The Kier molecular flexibility index (Phi) is 9.53. The fraction of sp³-hybridized carbons (Fsp3) is 1.00. The van der Waals surface area contributed by atoms with Crippen LogP contribution in [-0.2, 0) is 14.5 Å². The molecule has 0 aromatic heterocycles. The summed E-state index contributed by atoms with van der Waals surface area (Å²) in [6.07, 6.45) is 1.50. The Bertz CT molecular complexity index is 313. The molecule has 1 rings (SSSR count). The van der Waals surface area contributed by atoms with Gasteiger partial charge >= 0.3 is 0 Å². The topological polar surface area (TPSA) is 109 Å². The molecule has 7 heteroatoms. The van der Waals surface area contributed by atoms with Crippen molar-refractivity contribution in [3.8, 4) is 0 Å². The zero-order valence-electron chi connectivity index (χ0n) is 14.2. The van der Waals surface area contributed by atoms with Crippen molar-refractivity contribution in [1.29, 1.82) is 0 Å². The van der Waals surface area contributed by atoms with Gasteiger partial charge in [0, 0.05) is 6.42 Å². The normalized spacial score (nSPS) is 34.7. The van der Waals surface area contributed by atoms with Gasteiger partial charge in [0.2, 0.25) is 5.79 Å². The van der Waals surface area contributed by atoms with Crippen LogP contribution in [0.5, 0.6) is 0 Å². The first-order valence-electron chi connectivity index (χ1n) is 8.65. The minimum atomic E-state index is -1.59. The number of aliphatic hydroxyl groups is 4. The van der Waals surface area contributed by atoms with Crippen LogP contribution < -0.4 is 0 Å². The van der Waals surface area contributed by atoms with Gasteiger partial charge in [-0.3, -0.25) is 0 Å². The number of aliphatic hydroxyl groups excluding tert-OH is 4. The third-order valence-electron chi connectivity index (χ3n) is 4.31. The van der Waals surface area contributed by atoms with E-state index in [4.69, 9.17) is 14.5 Å². The summed E-state index contributed by atoms with van der Waals surface area (Å²) in [5.41, 5.74) is 0. The van der Waals surface area contributed by atoms with Gasteiger partial charge in [0.05, 0.1) is 13.2 Å². The van der Waals surface area contributed by atoms with Gasteiger partial charge in [0.25, 0.3) is 0 Å². The van der Waals surface area contributed by atoms with Crippen molar-refractivity contribution >= 4 is 0 Å². The van der Waals surface area contributed by atoms with E-state index >= 15 is 0 Å². The van der Waals surface area contributed by atoms with E-state index in [1.807, 2.05) is 0 Å². The Morgan fingerprint density at radius 3 is 2.22 bits per heavy atom. The zero-order chi connectivity index (χ0) is 17.3. The summed E-state index contributed by atoms with van der Waals surface area (Å²) < 4.78 is 5.47. The van der Waals surface area contributed by atoms with Crippen molar-refractivity contribution in [2.24, 2.45) is 0 Å². The van der Waals surface area contributed by atoms with Gasteiger partial charge in [0.1, 0.15) is 24.4 Å². The van der Waals surface area contributed by atoms with Crippen molar-refractivity contribution in [1.82, 2.24) is 0 Å². The summed E-state index contributed by atoms with van der Waals surface area (Å²) in [7, 11) is 0. The summed E-state index contributed by atoms with van der Waals surface area (Å²) in [5, 5.41) is 39.0. The number of hydrogen-bond donors (Lipinski definition) is 4. The van der Waals surface area contributed by atoms with E-state index in [1.54, 1.807) is 6.92 Å². The molecule has 0 saturated carbocycles. The molecule has 1 heterocycles. The van der Waals surface area contributed by atoms with Crippen molar-refractivity contribution in [3.05, 3.63) is 0 Å². The van der Waals surface area contributed by atoms with Crippen molar-refractivity contribution in [2.75, 3.05) is 13.2 Å². The van der Waals surface area contributed by atoms with Gasteiger partial charge in [-0.15, -0.1) is 0 Å². The van der Waals surface area contributed by atoms with Crippen LogP contribution in [0.4, 0.5) is 0 Å². The maximum atomic E-state index is 10.1. The Morgan fingerprint density at radius 1 is 0.957 bits per heavy atom. The second-order valence-electron chi connectivity index (χ2n) is 6.10. The van der Waals surface area contributed by atoms with E-state index in [0.717, 1.165) is 19.3 Å². The highest BCUT2D eigenvalue weighted by molar-refractivity contribution is 4.95. The van der Waals surface area contributed by atoms with Crippen LogP contribution in [0.1, 0.15) is 58.8 Å². The largest absolute Gasteiger partial charge is 0.394 e. The Morgan fingerprint density at radius 2 is 1.61 bits per heavy atom. The Balaban J connectivity index is 2.41. The van der Waals surface area contributed by atoms with Crippen LogP contribution in [0.25, 0.3) is 0 Å². The summed E-state index contributed by atoms with van der Waals surface area (Å²) in [6, 6.07) is 0. The molecule has 0 bridgehead atoms. The first-order valence-corrected chi connectivity index (χ1v) is 8.65. The first-order chi connectivity index (χ1) is 11.0. The Labute approximate surface area is 138 Å². The highest BCUT2D eigenvalue weighted by Crippen LogP contribution is 2.34. The van der Waals surface area contributed by atoms with Gasteiger partial charge < -0.3 is 25.2 Å². The average Bonchev–Trinajstić information content (AvgIpc) is 2.57. The molecule has 0 aromatic rings. The van der Waals surface area contributed by atoms with E-state index < -0.39 is 36.8 Å². The second-order valence-corrected chi connectivity index (χ2v) is 6.10. The lowest BCUT2D eigenvalue weighted by Gasteiger charge is -2.46. The zero-order valence-corrected chi connectivity index (χ0v) is 14.2. The third-order valence-corrected chi connectivity index (χ3v) is 4.31. The van der Waals surface area contributed by atoms with E-state index in [1.165, 1.54) is 19.3 Å². The molecule has 1 aliphatic rings. The monoisotopic (exact) mass is 336 g/mol. The van der Waals surface area contributed by atoms with Crippen LogP contribution >= 0.6 is 0 Å². The smallest absolute Gasteiger partial charge is 0.230 e. The molecule has 138 valence electrons. The van der Waals surface area contributed by atoms with E-state index in [0.29, 0.717) is 6.61 Å². The lowest BCUT2D eigenvalue weighted by Crippen LogP contribution is -2.65. The first kappa shape index (κ1) is 20.8. The summed E-state index contributed by atoms with van der Waals surface area (Å²) in [5.74, 6) is -1.59. The van der Waals surface area contributed by atoms with E-state index in [2.05, 4.69) is 6.92 Å². The van der Waals surface area contributed by atoms with Crippen LogP contribution in [0.3, 0.4) is 0 Å². The molecule has 0 aliphatic carbocycles. The van der Waals surface area contributed by atoms with Crippen molar-refractivity contribution < 1.29 is 34.9 Å². The van der Waals surface area contributed by atoms with Gasteiger partial charge in [-0.25, -0.2) is 4.89 Å². The van der Waals surface area contributed by atoms with Crippen LogP contribution in [0.15, 0.2) is 0 Å². The molecule has 23 heavy (non-hydrogen) atoms. The molecular formula is C16H32O7. The Hall–Kier alpha value is -0.280. The molecule has 1 aliphatic heterocycles. The second kappa shape index (κ2) is 10.6. The van der Waals surface area contributed by atoms with Crippen LogP contribution in [-0.4, -0.2) is 63.8 Å². The summed E-state index contributed by atoms with van der Waals surface area (Å²) in [6.45, 7) is 3.73. The van der Waals surface area contributed by atoms with Crippen LogP contribution in [0.2, 0.25) is 0 Å². The maximum Gasteiger partial charge on any atom is 0.230 e. The van der Waals surface area contributed by atoms with E-state index in [-0.39, 0.29) is 6.42 Å². The number of ether oxygens (including phenoxy) is 1. The number of hydrogen-bond acceptors (Lipinski definition) is 7. The molecule has 0 amide bonds. The molecule has 0 unspecified atom stereocenters. The highest BCUT2D eigenvalue weighted by Gasteiger charge is 2.54. The maximum absolute atomic E-state index is 10.1. The molecule has 0 radical (unpaired) electrons. The molecule has 1 fully saturated rings. The third kappa shape index (κ3) is 5.63. The molecule has 7 nitrogen and oxygen atoms in total. The van der Waals surface area contributed by atoms with E-state index in [9.17, 15) is 20.4 Å². The fourth-order valence-electron chi connectivity index (χ4n) is 2.71. The quantitative estimate of drug-likeness (QED) is 0.252. The molecular weight excluding hydrogens is 304 g/mol. The van der Waals surface area contributed by atoms with Gasteiger partial charge in [-0.1, -0.05) is 46.0 Å². The number of rotatable bonds is 11. The summed E-state index contributed by atoms with van der Waals surface area (Å²) >= 11 is 0. The van der Waals surface area contributed by atoms with Crippen molar-refractivity contribution in [3.63, 3.8) is 0 Å². The highest BCUT2D eigenvalue weighted by atomic mass is 17.2. The van der Waals surface area contributed by atoms with Gasteiger partial charge in [-0.2, -0.15) is 4.89 Å². The molecule has 1 saturated heterocycles. The predicted octanol–water partition coefficient (Wildman–Crippen LogP) is 0.875. The SMILES string of the molecule is CCCCCCCCOO[C@@]1(CC)O[C@H](CO)[C@@H](O)[C@H](O)[C@H]1O. The standard InChI is InChI=1S/C16H32O7/c1-3-5-6-7-8-9-10-21-23-16(4-2)15(20)14(19)13(18)12(11-17)22-16/h12-15,17-20H,3-11H2,1-2H3/t12-,13-,14+,15-,16-/m1/s1. The van der Waals surface area contributed by atoms with Gasteiger partial charge in [0.15, 0.2) is 0 Å². The predicted molar refractivity (Wildman–Crippen MR) is 83.4 cm³/mol. The lowest BCUT2D eigenvalue weighted by molar-refractivity contribution is -0.479. The average molecular weight is 336 g/mol. The minimum Gasteiger partial charge on any atom is -0.394 e. The summed E-state index contributed by atoms with van der Waals surface area (Å²) in [4.78, 5) is 10.4. The molecule has 0 spiro atoms. The molecule has 0 aromatic carbocycles. The van der Waals surface area contributed by atoms with Crippen molar-refractivity contribution in [2.45, 2.75) is 89.0 Å². The number of unbranched alkanes of at least 4 members (excludes halogenated alkanes) is 5. The van der Waals surface area contributed by atoms with Crippen LogP contribution in [0, 0.1) is 0 Å². The lowest BCUT2D eigenvalue weighted by atomic mass is 9.91.